The van der Waals surface area contributed by atoms with Gasteiger partial charge < -0.3 is 9.16 Å². The summed E-state index contributed by atoms with van der Waals surface area (Å²) in [7, 11) is -2.66. The van der Waals surface area contributed by atoms with Gasteiger partial charge in [-0.2, -0.15) is 0 Å². The van der Waals surface area contributed by atoms with Crippen LogP contribution in [0.4, 0.5) is 4.79 Å². The van der Waals surface area contributed by atoms with Crippen molar-refractivity contribution in [2.45, 2.75) is 44.9 Å². The highest BCUT2D eigenvalue weighted by atomic mass is 28.4. The van der Waals surface area contributed by atoms with Crippen molar-refractivity contribution < 1.29 is 14.0 Å². The number of ether oxygens (including phenoxy) is 1. The second-order valence-electron chi connectivity index (χ2n) is 9.70. The summed E-state index contributed by atoms with van der Waals surface area (Å²) in [5, 5.41) is 2.36. The first kappa shape index (κ1) is 24.0. The molecule has 3 aromatic rings. The molecule has 4 nitrogen and oxygen atoms in total. The molecule has 0 unspecified atom stereocenters. The van der Waals surface area contributed by atoms with Crippen LogP contribution in [0.5, 0.6) is 0 Å². The van der Waals surface area contributed by atoms with Crippen LogP contribution < -0.4 is 10.4 Å². The number of benzene rings is 3. The summed E-state index contributed by atoms with van der Waals surface area (Å²) in [4.78, 5) is 14.6. The number of carbonyl (C=O) groups excluding carboxylic acids is 1. The molecule has 1 aliphatic rings. The third-order valence-corrected chi connectivity index (χ3v) is 11.4. The van der Waals surface area contributed by atoms with Gasteiger partial charge in [0.05, 0.1) is 12.6 Å². The van der Waals surface area contributed by atoms with Crippen molar-refractivity contribution in [2.75, 3.05) is 6.61 Å². The highest BCUT2D eigenvalue weighted by Gasteiger charge is 2.50. The fraction of sp³-hybridized carbons (Fsp3) is 0.276. The zero-order valence-electron chi connectivity index (χ0n) is 20.2. The molecule has 1 aliphatic heterocycles. The van der Waals surface area contributed by atoms with Crippen LogP contribution in [0.3, 0.4) is 0 Å². The molecule has 0 aliphatic carbocycles. The first-order valence-electron chi connectivity index (χ1n) is 11.8. The Bertz CT molecular complexity index is 1050. The van der Waals surface area contributed by atoms with E-state index in [1.54, 1.807) is 4.90 Å². The summed E-state index contributed by atoms with van der Waals surface area (Å²) in [6.07, 6.45) is 4.25. The predicted molar refractivity (Wildman–Crippen MR) is 140 cm³/mol. The van der Waals surface area contributed by atoms with Crippen molar-refractivity contribution in [3.05, 3.63) is 109 Å². The minimum atomic E-state index is -2.66. The summed E-state index contributed by atoms with van der Waals surface area (Å²) < 4.78 is 12.6. The molecule has 0 radical (unpaired) electrons. The lowest BCUT2D eigenvalue weighted by atomic mass is 10.2. The molecule has 1 atom stereocenters. The molecule has 0 N–H and O–H groups in total. The van der Waals surface area contributed by atoms with Gasteiger partial charge in [0.25, 0.3) is 8.32 Å². The van der Waals surface area contributed by atoms with E-state index in [4.69, 9.17) is 9.16 Å². The fourth-order valence-corrected chi connectivity index (χ4v) is 9.30. The predicted octanol–water partition coefficient (Wildman–Crippen LogP) is 5.49. The lowest BCUT2D eigenvalue weighted by Gasteiger charge is -2.44. The molecule has 176 valence electrons. The second-order valence-corrected chi connectivity index (χ2v) is 14.0. The average molecular weight is 472 g/mol. The minimum absolute atomic E-state index is 0.0927. The molecule has 0 bridgehead atoms. The van der Waals surface area contributed by atoms with Crippen LogP contribution in [0, 0.1) is 0 Å². The maximum atomic E-state index is 12.9. The Hall–Kier alpha value is -3.15. The Balaban J connectivity index is 1.56. The molecule has 0 saturated heterocycles. The van der Waals surface area contributed by atoms with Gasteiger partial charge in [0.1, 0.15) is 6.61 Å². The van der Waals surface area contributed by atoms with E-state index in [2.05, 4.69) is 69.3 Å². The summed E-state index contributed by atoms with van der Waals surface area (Å²) >= 11 is 0. The van der Waals surface area contributed by atoms with Crippen molar-refractivity contribution in [1.29, 1.82) is 0 Å². The van der Waals surface area contributed by atoms with Gasteiger partial charge in [0.15, 0.2) is 0 Å². The number of hydrogen-bond donors (Lipinski definition) is 0. The molecule has 1 heterocycles. The highest BCUT2D eigenvalue weighted by molar-refractivity contribution is 6.99. The normalized spacial score (nSPS) is 16.0. The van der Waals surface area contributed by atoms with Gasteiger partial charge in [-0.1, -0.05) is 118 Å². The van der Waals surface area contributed by atoms with E-state index in [1.165, 1.54) is 10.4 Å². The Morgan fingerprint density at radius 2 is 1.41 bits per heavy atom. The maximum absolute atomic E-state index is 12.9. The number of carbonyl (C=O) groups is 1. The third-order valence-electron chi connectivity index (χ3n) is 6.39. The average Bonchev–Trinajstić information content (AvgIpc) is 3.33. The minimum Gasteiger partial charge on any atom is -0.444 e. The topological polar surface area (TPSA) is 38.8 Å². The van der Waals surface area contributed by atoms with Crippen molar-refractivity contribution in [3.8, 4) is 0 Å². The van der Waals surface area contributed by atoms with Crippen molar-refractivity contribution >= 4 is 24.8 Å². The van der Waals surface area contributed by atoms with Gasteiger partial charge in [0, 0.05) is 6.20 Å². The number of rotatable bonds is 7. The number of hydrogen-bond acceptors (Lipinski definition) is 3. The van der Waals surface area contributed by atoms with Crippen LogP contribution in [-0.4, -0.2) is 32.0 Å². The summed E-state index contributed by atoms with van der Waals surface area (Å²) in [6, 6.07) is 30.8. The van der Waals surface area contributed by atoms with Crippen LogP contribution in [0.25, 0.3) is 0 Å². The first-order chi connectivity index (χ1) is 16.4. The Labute approximate surface area is 204 Å². The molecule has 0 fully saturated rings. The second kappa shape index (κ2) is 10.4. The number of amides is 1. The van der Waals surface area contributed by atoms with E-state index in [1.807, 2.05) is 54.7 Å². The molecule has 0 saturated carbocycles. The van der Waals surface area contributed by atoms with E-state index in [0.717, 1.165) is 12.0 Å². The van der Waals surface area contributed by atoms with Crippen LogP contribution in [0.15, 0.2) is 103 Å². The van der Waals surface area contributed by atoms with E-state index in [-0.39, 0.29) is 23.8 Å². The SMILES string of the molecule is CC(C)(C)[Si](OC[C@@H]1CC=CN1C(=O)OCc1ccccc1)(c1ccccc1)c1ccccc1. The fourth-order valence-electron chi connectivity index (χ4n) is 4.70. The maximum Gasteiger partial charge on any atom is 0.414 e. The van der Waals surface area contributed by atoms with Crippen molar-refractivity contribution in [2.24, 2.45) is 0 Å². The Kier molecular flexibility index (Phi) is 7.34. The smallest absolute Gasteiger partial charge is 0.414 e. The van der Waals surface area contributed by atoms with Crippen LogP contribution in [0.2, 0.25) is 5.04 Å². The van der Waals surface area contributed by atoms with Gasteiger partial charge in [0.2, 0.25) is 0 Å². The summed E-state index contributed by atoms with van der Waals surface area (Å²) in [5.74, 6) is 0. The Morgan fingerprint density at radius 1 is 0.882 bits per heavy atom. The molecule has 3 aromatic carbocycles. The standard InChI is InChI=1S/C29H33NO3Si/c1-29(2,3)34(26-17-9-5-10-18-26,27-19-11-6-12-20-27)33-23-25-16-13-21-30(25)28(31)32-22-24-14-7-4-8-15-24/h4-15,17-21,25H,16,22-23H2,1-3H3/t25-/m0/s1. The number of nitrogens with zero attached hydrogens (tertiary/aromatic N) is 1. The molecule has 0 aromatic heterocycles. The molecule has 4 rings (SSSR count). The van der Waals surface area contributed by atoms with Gasteiger partial charge in [-0.15, -0.1) is 0 Å². The molecule has 5 heteroatoms. The van der Waals surface area contributed by atoms with Crippen LogP contribution >= 0.6 is 0 Å². The molecule has 1 amide bonds. The summed E-state index contributed by atoms with van der Waals surface area (Å²) in [5.41, 5.74) is 0.971. The van der Waals surface area contributed by atoms with E-state index in [9.17, 15) is 4.79 Å². The van der Waals surface area contributed by atoms with Crippen LogP contribution in [-0.2, 0) is 15.8 Å². The van der Waals surface area contributed by atoms with Gasteiger partial charge in [-0.3, -0.25) is 4.90 Å². The molecule has 34 heavy (non-hydrogen) atoms. The Morgan fingerprint density at radius 3 is 1.94 bits per heavy atom. The van der Waals surface area contributed by atoms with Gasteiger partial charge in [-0.25, -0.2) is 4.79 Å². The first-order valence-corrected chi connectivity index (χ1v) is 13.7. The monoisotopic (exact) mass is 471 g/mol. The zero-order chi connectivity index (χ0) is 24.0. The zero-order valence-corrected chi connectivity index (χ0v) is 21.2. The summed E-state index contributed by atoms with van der Waals surface area (Å²) in [6.45, 7) is 7.49. The van der Waals surface area contributed by atoms with Crippen LogP contribution in [0.1, 0.15) is 32.8 Å². The lowest BCUT2D eigenvalue weighted by Crippen LogP contribution is -2.67. The van der Waals surface area contributed by atoms with Crippen molar-refractivity contribution in [3.63, 3.8) is 0 Å². The molecular formula is C29H33NO3Si. The molecule has 0 spiro atoms. The largest absolute Gasteiger partial charge is 0.444 e. The lowest BCUT2D eigenvalue weighted by molar-refractivity contribution is 0.0915. The molecular weight excluding hydrogens is 438 g/mol. The van der Waals surface area contributed by atoms with Gasteiger partial charge in [-0.05, 0) is 27.4 Å². The van der Waals surface area contributed by atoms with Crippen molar-refractivity contribution in [1.82, 2.24) is 4.90 Å². The van der Waals surface area contributed by atoms with E-state index >= 15 is 0 Å². The highest BCUT2D eigenvalue weighted by Crippen LogP contribution is 2.37. The van der Waals surface area contributed by atoms with E-state index in [0.29, 0.717) is 6.61 Å². The third kappa shape index (κ3) is 5.01. The quantitative estimate of drug-likeness (QED) is 0.428. The van der Waals surface area contributed by atoms with E-state index < -0.39 is 8.32 Å². The van der Waals surface area contributed by atoms with Gasteiger partial charge >= 0.3 is 6.09 Å².